The van der Waals surface area contributed by atoms with Gasteiger partial charge in [0.05, 0.1) is 6.61 Å². The summed E-state index contributed by atoms with van der Waals surface area (Å²) in [6.07, 6.45) is 0. The minimum absolute atomic E-state index is 0.182. The monoisotopic (exact) mass is 342 g/mol. The molecule has 0 heterocycles. The topological polar surface area (TPSA) is 76.7 Å². The second-order valence-electron chi connectivity index (χ2n) is 5.64. The number of hydrogen-bond acceptors (Lipinski definition) is 4. The summed E-state index contributed by atoms with van der Waals surface area (Å²) in [5.41, 5.74) is 8.01. The maximum absolute atomic E-state index is 12.0. The molecule has 0 unspecified atom stereocenters. The molecule has 0 aliphatic heterocycles. The summed E-state index contributed by atoms with van der Waals surface area (Å²) in [5, 5.41) is 0. The predicted octanol–water partition coefficient (Wildman–Crippen LogP) is 2.29. The molecule has 0 aliphatic rings. The van der Waals surface area contributed by atoms with Gasteiger partial charge in [-0.2, -0.15) is 0 Å². The summed E-state index contributed by atoms with van der Waals surface area (Å²) in [6.45, 7) is 4.12. The first-order valence-electron chi connectivity index (χ1n) is 7.87. The zero-order chi connectivity index (χ0) is 18.2. The summed E-state index contributed by atoms with van der Waals surface area (Å²) in [5.74, 6) is -0.158. The van der Waals surface area contributed by atoms with Crippen LogP contribution in [0.15, 0.2) is 42.5 Å². The number of rotatable bonds is 6. The Kier molecular flexibility index (Phi) is 6.54. The van der Waals surface area contributed by atoms with Crippen LogP contribution in [0.25, 0.3) is 0 Å². The predicted molar refractivity (Wildman–Crippen MR) is 94.2 cm³/mol. The molecule has 25 heavy (non-hydrogen) atoms. The van der Waals surface area contributed by atoms with Crippen LogP contribution in [-0.2, 0) is 16.1 Å². The lowest BCUT2D eigenvalue weighted by Gasteiger charge is -2.12. The van der Waals surface area contributed by atoms with Crippen molar-refractivity contribution in [3.8, 4) is 5.75 Å². The Balaban J connectivity index is 1.82. The summed E-state index contributed by atoms with van der Waals surface area (Å²) >= 11 is 0. The van der Waals surface area contributed by atoms with Crippen molar-refractivity contribution in [2.45, 2.75) is 20.5 Å². The highest BCUT2D eigenvalue weighted by Gasteiger charge is 2.09. The van der Waals surface area contributed by atoms with E-state index >= 15 is 0 Å². The Labute approximate surface area is 147 Å². The summed E-state index contributed by atoms with van der Waals surface area (Å²) < 4.78 is 10.5. The van der Waals surface area contributed by atoms with E-state index in [1.807, 2.05) is 32.0 Å². The van der Waals surface area contributed by atoms with Gasteiger partial charge in [0.15, 0.2) is 6.61 Å². The van der Waals surface area contributed by atoms with Crippen molar-refractivity contribution < 1.29 is 19.1 Å². The molecule has 6 nitrogen and oxygen atoms in total. The van der Waals surface area contributed by atoms with Gasteiger partial charge < -0.3 is 9.47 Å². The normalized spacial score (nSPS) is 10.2. The first kappa shape index (κ1) is 18.5. The molecule has 2 aromatic rings. The van der Waals surface area contributed by atoms with Crippen LogP contribution in [0.1, 0.15) is 27.0 Å². The van der Waals surface area contributed by atoms with Crippen molar-refractivity contribution in [2.24, 2.45) is 0 Å². The van der Waals surface area contributed by atoms with E-state index in [-0.39, 0.29) is 6.61 Å². The third kappa shape index (κ3) is 5.32. The van der Waals surface area contributed by atoms with Crippen LogP contribution in [0.2, 0.25) is 0 Å². The van der Waals surface area contributed by atoms with Crippen LogP contribution in [0.3, 0.4) is 0 Å². The summed E-state index contributed by atoms with van der Waals surface area (Å²) in [7, 11) is 1.61. The van der Waals surface area contributed by atoms with E-state index in [0.717, 1.165) is 16.7 Å². The van der Waals surface area contributed by atoms with Gasteiger partial charge in [0.1, 0.15) is 5.75 Å². The molecule has 0 fully saturated rings. The maximum atomic E-state index is 12.0. The zero-order valence-corrected chi connectivity index (χ0v) is 14.6. The number of methoxy groups -OCH3 is 1. The molecule has 2 N–H and O–H groups in total. The number of nitrogens with one attached hydrogen (secondary N) is 2. The van der Waals surface area contributed by atoms with Crippen molar-refractivity contribution >= 4 is 11.8 Å². The Morgan fingerprint density at radius 3 is 2.20 bits per heavy atom. The van der Waals surface area contributed by atoms with Crippen LogP contribution in [0.5, 0.6) is 5.75 Å². The van der Waals surface area contributed by atoms with E-state index in [0.29, 0.717) is 17.9 Å². The van der Waals surface area contributed by atoms with Gasteiger partial charge >= 0.3 is 0 Å². The van der Waals surface area contributed by atoms with Gasteiger partial charge in [0, 0.05) is 12.7 Å². The fourth-order valence-electron chi connectivity index (χ4n) is 2.32. The van der Waals surface area contributed by atoms with Crippen LogP contribution in [-0.4, -0.2) is 25.5 Å². The van der Waals surface area contributed by atoms with Gasteiger partial charge in [0.2, 0.25) is 0 Å². The van der Waals surface area contributed by atoms with Crippen molar-refractivity contribution in [1.82, 2.24) is 10.9 Å². The van der Waals surface area contributed by atoms with E-state index in [9.17, 15) is 9.59 Å². The number of para-hydroxylation sites is 1. The number of ether oxygens (including phenoxy) is 2. The molecule has 2 rings (SSSR count). The van der Waals surface area contributed by atoms with Crippen molar-refractivity contribution in [2.75, 3.05) is 13.7 Å². The molecule has 132 valence electrons. The van der Waals surface area contributed by atoms with Crippen LogP contribution in [0, 0.1) is 13.8 Å². The first-order chi connectivity index (χ1) is 12.0. The molecule has 0 aliphatic carbocycles. The molecule has 0 bridgehead atoms. The van der Waals surface area contributed by atoms with E-state index in [4.69, 9.17) is 9.47 Å². The zero-order valence-electron chi connectivity index (χ0n) is 14.6. The molecule has 0 saturated carbocycles. The Morgan fingerprint density at radius 2 is 1.60 bits per heavy atom. The molecular weight excluding hydrogens is 320 g/mol. The molecule has 2 amide bonds. The van der Waals surface area contributed by atoms with Gasteiger partial charge in [-0.05, 0) is 42.7 Å². The second kappa shape index (κ2) is 8.84. The Bertz CT molecular complexity index is 721. The number of hydrogen-bond donors (Lipinski definition) is 2. The van der Waals surface area contributed by atoms with Gasteiger partial charge in [-0.15, -0.1) is 0 Å². The van der Waals surface area contributed by atoms with Gasteiger partial charge in [0.25, 0.3) is 11.8 Å². The lowest BCUT2D eigenvalue weighted by atomic mass is 10.1. The average Bonchev–Trinajstić information content (AvgIpc) is 2.60. The largest absolute Gasteiger partial charge is 0.483 e. The van der Waals surface area contributed by atoms with Crippen molar-refractivity contribution in [3.63, 3.8) is 0 Å². The Hall–Kier alpha value is -2.86. The lowest BCUT2D eigenvalue weighted by molar-refractivity contribution is -0.123. The molecular formula is C19H22N2O4. The molecule has 0 radical (unpaired) electrons. The van der Waals surface area contributed by atoms with Gasteiger partial charge in [-0.25, -0.2) is 0 Å². The highest BCUT2D eigenvalue weighted by molar-refractivity contribution is 5.95. The summed E-state index contributed by atoms with van der Waals surface area (Å²) in [4.78, 5) is 23.8. The highest BCUT2D eigenvalue weighted by Crippen LogP contribution is 2.21. The smallest absolute Gasteiger partial charge is 0.276 e. The third-order valence-electron chi connectivity index (χ3n) is 3.60. The SMILES string of the molecule is COCc1ccc(C(=O)NNC(=O)COc2c(C)cccc2C)cc1. The molecule has 2 aromatic carbocycles. The lowest BCUT2D eigenvalue weighted by Crippen LogP contribution is -2.43. The van der Waals surface area contributed by atoms with E-state index in [1.54, 1.807) is 31.4 Å². The number of aryl methyl sites for hydroxylation is 2. The number of carbonyl (C=O) groups excluding carboxylic acids is 2. The van der Waals surface area contributed by atoms with Crippen LogP contribution >= 0.6 is 0 Å². The number of amides is 2. The van der Waals surface area contributed by atoms with E-state index in [2.05, 4.69) is 10.9 Å². The molecule has 6 heteroatoms. The molecule has 0 spiro atoms. The fraction of sp³-hybridized carbons (Fsp3) is 0.263. The molecule has 0 aromatic heterocycles. The maximum Gasteiger partial charge on any atom is 0.276 e. The number of hydrazine groups is 1. The van der Waals surface area contributed by atoms with Gasteiger partial charge in [-0.1, -0.05) is 30.3 Å². The van der Waals surface area contributed by atoms with Crippen molar-refractivity contribution in [3.05, 3.63) is 64.7 Å². The van der Waals surface area contributed by atoms with Crippen molar-refractivity contribution in [1.29, 1.82) is 0 Å². The van der Waals surface area contributed by atoms with Crippen LogP contribution < -0.4 is 15.6 Å². The summed E-state index contributed by atoms with van der Waals surface area (Å²) in [6, 6.07) is 12.7. The molecule has 0 atom stereocenters. The minimum Gasteiger partial charge on any atom is -0.483 e. The standard InChI is InChI=1S/C19H22N2O4/c1-13-5-4-6-14(2)18(13)25-12-17(22)20-21-19(23)16-9-7-15(8-10-16)11-24-3/h4-10H,11-12H2,1-3H3,(H,20,22)(H,21,23). The molecule has 0 saturated heterocycles. The first-order valence-corrected chi connectivity index (χ1v) is 7.87. The van der Waals surface area contributed by atoms with Crippen LogP contribution in [0.4, 0.5) is 0 Å². The number of benzene rings is 2. The minimum atomic E-state index is -0.438. The second-order valence-corrected chi connectivity index (χ2v) is 5.64. The van der Waals surface area contributed by atoms with E-state index in [1.165, 1.54) is 0 Å². The van der Waals surface area contributed by atoms with E-state index < -0.39 is 11.8 Å². The number of carbonyl (C=O) groups is 2. The highest BCUT2D eigenvalue weighted by atomic mass is 16.5. The fourth-order valence-corrected chi connectivity index (χ4v) is 2.32. The third-order valence-corrected chi connectivity index (χ3v) is 3.60. The Morgan fingerprint density at radius 1 is 0.960 bits per heavy atom. The quantitative estimate of drug-likeness (QED) is 0.790. The van der Waals surface area contributed by atoms with Gasteiger partial charge in [-0.3, -0.25) is 20.4 Å². The average molecular weight is 342 g/mol.